The third-order valence-electron chi connectivity index (χ3n) is 4.67. The molecule has 2 aliphatic heterocycles. The maximum Gasteiger partial charge on any atom is 0.282 e. The van der Waals surface area contributed by atoms with Crippen LogP contribution in [0.2, 0.25) is 0 Å². The molecule has 1 aromatic heterocycles. The standard InChI is InChI=1S/C18H18N2O3S2/c1-23-14-4-2-3-12(9-14)10-20-15(13-5-7-24-11-13)16(17(20)21)19-6-8-25-18(19)22/h2-5,7,9,11,15-16H,6,8,10H2,1H3/t15-,16-/m0/s1. The number of methoxy groups -OCH3 is 1. The fraction of sp³-hybridized carbons (Fsp3) is 0.333. The Kier molecular flexibility index (Phi) is 4.43. The van der Waals surface area contributed by atoms with Crippen molar-refractivity contribution in [2.24, 2.45) is 0 Å². The monoisotopic (exact) mass is 374 g/mol. The van der Waals surface area contributed by atoms with Crippen molar-refractivity contribution in [2.75, 3.05) is 19.4 Å². The molecule has 0 bridgehead atoms. The zero-order valence-corrected chi connectivity index (χ0v) is 15.4. The molecule has 2 aliphatic rings. The van der Waals surface area contributed by atoms with Gasteiger partial charge in [0.25, 0.3) is 5.24 Å². The number of hydrogen-bond acceptors (Lipinski definition) is 5. The summed E-state index contributed by atoms with van der Waals surface area (Å²) in [6, 6.07) is 9.35. The molecule has 3 heterocycles. The number of nitrogens with zero attached hydrogens (tertiary/aromatic N) is 2. The summed E-state index contributed by atoms with van der Waals surface area (Å²) in [5.41, 5.74) is 2.12. The summed E-state index contributed by atoms with van der Waals surface area (Å²) < 4.78 is 5.27. The topological polar surface area (TPSA) is 49.9 Å². The fourth-order valence-corrected chi connectivity index (χ4v) is 4.96. The van der Waals surface area contributed by atoms with Gasteiger partial charge in [0.2, 0.25) is 5.91 Å². The molecular formula is C18H18N2O3S2. The Morgan fingerprint density at radius 1 is 1.24 bits per heavy atom. The highest BCUT2D eigenvalue weighted by atomic mass is 32.2. The summed E-state index contributed by atoms with van der Waals surface area (Å²) in [5.74, 6) is 1.56. The molecule has 0 N–H and O–H groups in total. The van der Waals surface area contributed by atoms with E-state index < -0.39 is 0 Å². The molecule has 1 aromatic carbocycles. The second-order valence-corrected chi connectivity index (χ2v) is 7.90. The average molecular weight is 374 g/mol. The highest BCUT2D eigenvalue weighted by Crippen LogP contribution is 2.42. The van der Waals surface area contributed by atoms with E-state index in [1.54, 1.807) is 23.3 Å². The molecule has 2 aromatic rings. The van der Waals surface area contributed by atoms with Gasteiger partial charge >= 0.3 is 0 Å². The molecule has 2 saturated heterocycles. The average Bonchev–Trinajstić information content (AvgIpc) is 3.29. The Morgan fingerprint density at radius 3 is 2.80 bits per heavy atom. The Balaban J connectivity index is 1.60. The molecule has 2 atom stereocenters. The van der Waals surface area contributed by atoms with Gasteiger partial charge in [0, 0.05) is 18.8 Å². The maximum absolute atomic E-state index is 12.9. The molecule has 0 spiro atoms. The Labute approximate surface area is 154 Å². The zero-order valence-electron chi connectivity index (χ0n) is 13.8. The van der Waals surface area contributed by atoms with E-state index in [-0.39, 0.29) is 23.2 Å². The molecule has 0 radical (unpaired) electrons. The van der Waals surface area contributed by atoms with E-state index in [0.29, 0.717) is 13.1 Å². The van der Waals surface area contributed by atoms with Gasteiger partial charge in [-0.05, 0) is 40.1 Å². The van der Waals surface area contributed by atoms with Crippen molar-refractivity contribution in [3.05, 3.63) is 52.2 Å². The number of thioether (sulfide) groups is 1. The van der Waals surface area contributed by atoms with Gasteiger partial charge < -0.3 is 14.5 Å². The van der Waals surface area contributed by atoms with E-state index in [1.807, 2.05) is 40.6 Å². The first-order valence-electron chi connectivity index (χ1n) is 8.08. The van der Waals surface area contributed by atoms with Gasteiger partial charge in [0.15, 0.2) is 0 Å². The number of thiophene rings is 1. The van der Waals surface area contributed by atoms with Crippen LogP contribution in [-0.2, 0) is 11.3 Å². The smallest absolute Gasteiger partial charge is 0.282 e. The van der Waals surface area contributed by atoms with Gasteiger partial charge in [-0.3, -0.25) is 9.59 Å². The largest absolute Gasteiger partial charge is 0.497 e. The van der Waals surface area contributed by atoms with E-state index in [2.05, 4.69) is 5.38 Å². The van der Waals surface area contributed by atoms with E-state index in [9.17, 15) is 9.59 Å². The van der Waals surface area contributed by atoms with Crippen LogP contribution in [0, 0.1) is 0 Å². The number of rotatable bonds is 5. The van der Waals surface area contributed by atoms with Crippen molar-refractivity contribution in [3.63, 3.8) is 0 Å². The number of carbonyl (C=O) groups excluding carboxylic acids is 2. The summed E-state index contributed by atoms with van der Waals surface area (Å²) in [5, 5.41) is 4.09. The van der Waals surface area contributed by atoms with Crippen molar-refractivity contribution in [3.8, 4) is 5.75 Å². The molecule has 0 unspecified atom stereocenters. The predicted octanol–water partition coefficient (Wildman–Crippen LogP) is 3.38. The Morgan fingerprint density at radius 2 is 2.12 bits per heavy atom. The third kappa shape index (κ3) is 2.91. The minimum absolute atomic E-state index is 0.0135. The molecule has 25 heavy (non-hydrogen) atoms. The summed E-state index contributed by atoms with van der Waals surface area (Å²) >= 11 is 2.91. The second-order valence-electron chi connectivity index (χ2n) is 6.07. The van der Waals surface area contributed by atoms with Crippen molar-refractivity contribution in [1.82, 2.24) is 9.80 Å². The van der Waals surface area contributed by atoms with Crippen LogP contribution in [0.3, 0.4) is 0 Å². The third-order valence-corrected chi connectivity index (χ3v) is 6.24. The van der Waals surface area contributed by atoms with E-state index in [1.165, 1.54) is 11.8 Å². The fourth-order valence-electron chi connectivity index (χ4n) is 3.44. The van der Waals surface area contributed by atoms with Crippen molar-refractivity contribution in [2.45, 2.75) is 18.6 Å². The number of hydrogen-bond donors (Lipinski definition) is 0. The molecule has 7 heteroatoms. The first-order chi connectivity index (χ1) is 12.2. The second kappa shape index (κ2) is 6.72. The summed E-state index contributed by atoms with van der Waals surface area (Å²) in [7, 11) is 1.63. The van der Waals surface area contributed by atoms with Crippen LogP contribution in [0.25, 0.3) is 0 Å². The van der Waals surface area contributed by atoms with Crippen molar-refractivity contribution in [1.29, 1.82) is 0 Å². The highest BCUT2D eigenvalue weighted by molar-refractivity contribution is 8.13. The minimum atomic E-state index is -0.372. The van der Waals surface area contributed by atoms with Gasteiger partial charge in [-0.1, -0.05) is 23.9 Å². The van der Waals surface area contributed by atoms with Crippen LogP contribution in [0.15, 0.2) is 41.1 Å². The molecule has 4 rings (SSSR count). The molecule has 0 aliphatic carbocycles. The van der Waals surface area contributed by atoms with Crippen LogP contribution in [0.5, 0.6) is 5.75 Å². The van der Waals surface area contributed by atoms with Crippen molar-refractivity contribution >= 4 is 34.2 Å². The van der Waals surface area contributed by atoms with Crippen LogP contribution in [-0.4, -0.2) is 46.4 Å². The Hall–Kier alpha value is -1.99. The van der Waals surface area contributed by atoms with E-state index in [4.69, 9.17) is 4.74 Å². The normalized spacial score (nSPS) is 23.1. The first-order valence-corrected chi connectivity index (χ1v) is 10.0. The zero-order chi connectivity index (χ0) is 17.4. The van der Waals surface area contributed by atoms with Crippen LogP contribution < -0.4 is 4.74 Å². The Bertz CT molecular complexity index is 793. The van der Waals surface area contributed by atoms with E-state index in [0.717, 1.165) is 22.6 Å². The van der Waals surface area contributed by atoms with Crippen molar-refractivity contribution < 1.29 is 14.3 Å². The van der Waals surface area contributed by atoms with Gasteiger partial charge in [0.05, 0.1) is 13.2 Å². The molecule has 2 amide bonds. The molecule has 130 valence electrons. The molecule has 5 nitrogen and oxygen atoms in total. The van der Waals surface area contributed by atoms with E-state index >= 15 is 0 Å². The lowest BCUT2D eigenvalue weighted by atomic mass is 9.88. The first kappa shape index (κ1) is 16.5. The lowest BCUT2D eigenvalue weighted by Gasteiger charge is -2.50. The summed E-state index contributed by atoms with van der Waals surface area (Å²) in [6.45, 7) is 1.16. The molecule has 2 fully saturated rings. The summed E-state index contributed by atoms with van der Waals surface area (Å²) in [6.07, 6.45) is 0. The SMILES string of the molecule is COc1cccc(CN2C(=O)[C@@H](N3CCSC3=O)[C@@H]2c2ccsc2)c1. The minimum Gasteiger partial charge on any atom is -0.497 e. The number of β-lactam (4-membered cyclic amide) rings is 1. The lowest BCUT2D eigenvalue weighted by Crippen LogP contribution is -2.65. The number of benzene rings is 1. The quantitative estimate of drug-likeness (QED) is 0.753. The molecule has 0 saturated carbocycles. The van der Waals surface area contributed by atoms with Crippen LogP contribution in [0.1, 0.15) is 17.2 Å². The molecular weight excluding hydrogens is 356 g/mol. The van der Waals surface area contributed by atoms with Gasteiger partial charge in [-0.25, -0.2) is 0 Å². The van der Waals surface area contributed by atoms with Crippen LogP contribution >= 0.6 is 23.1 Å². The number of ether oxygens (including phenoxy) is 1. The van der Waals surface area contributed by atoms with Gasteiger partial charge in [0.1, 0.15) is 11.8 Å². The van der Waals surface area contributed by atoms with Gasteiger partial charge in [-0.15, -0.1) is 0 Å². The van der Waals surface area contributed by atoms with Crippen LogP contribution in [0.4, 0.5) is 4.79 Å². The highest BCUT2D eigenvalue weighted by Gasteiger charge is 2.53. The number of likely N-dealkylation sites (tertiary alicyclic amines) is 1. The maximum atomic E-state index is 12.9. The number of amides is 2. The number of carbonyl (C=O) groups is 2. The van der Waals surface area contributed by atoms with Gasteiger partial charge in [-0.2, -0.15) is 11.3 Å². The lowest BCUT2D eigenvalue weighted by molar-refractivity contribution is -0.158. The summed E-state index contributed by atoms with van der Waals surface area (Å²) in [4.78, 5) is 28.6. The predicted molar refractivity (Wildman–Crippen MR) is 99.0 cm³/mol.